The van der Waals surface area contributed by atoms with E-state index in [1.54, 1.807) is 42.5 Å². The van der Waals surface area contributed by atoms with Gasteiger partial charge >= 0.3 is 0 Å². The number of nitrogens with zero attached hydrogens (tertiary/aromatic N) is 2. The number of hydrogen-bond acceptors (Lipinski definition) is 4. The zero-order chi connectivity index (χ0) is 17.5. The smallest absolute Gasteiger partial charge is 0.255 e. The van der Waals surface area contributed by atoms with Gasteiger partial charge in [-0.15, -0.1) is 0 Å². The first-order chi connectivity index (χ1) is 11.5. The van der Waals surface area contributed by atoms with E-state index in [1.165, 1.54) is 0 Å². The van der Waals surface area contributed by atoms with Crippen molar-refractivity contribution in [2.24, 2.45) is 0 Å². The molecule has 0 fully saturated rings. The Morgan fingerprint density at radius 1 is 1.25 bits per heavy atom. The molecule has 0 aliphatic heterocycles. The number of carbonyl (C=O) groups is 1. The lowest BCUT2D eigenvalue weighted by atomic mass is 10.1. The summed E-state index contributed by atoms with van der Waals surface area (Å²) in [4.78, 5) is 14.2. The quantitative estimate of drug-likeness (QED) is 0.873. The van der Waals surface area contributed by atoms with E-state index in [-0.39, 0.29) is 5.91 Å². The van der Waals surface area contributed by atoms with Crippen LogP contribution in [0.5, 0.6) is 5.75 Å². The zero-order valence-electron chi connectivity index (χ0n) is 13.5. The molecule has 0 saturated heterocycles. The van der Waals surface area contributed by atoms with Crippen LogP contribution in [0.25, 0.3) is 0 Å². The third kappa shape index (κ3) is 4.98. The van der Waals surface area contributed by atoms with Gasteiger partial charge in [-0.3, -0.25) is 4.79 Å². The standard InChI is InChI=1S/C18H18ClN3O2/c1-22(2)9-10-24-17-8-7-15(11-16(17)19)21-18(23)14-5-3-13(12-20)4-6-14/h3-8,11H,9-10H2,1-2H3,(H,21,23). The Balaban J connectivity index is 2.00. The molecule has 1 amide bonds. The molecule has 6 heteroatoms. The molecule has 124 valence electrons. The minimum absolute atomic E-state index is 0.267. The van der Waals surface area contributed by atoms with Crippen LogP contribution in [0.4, 0.5) is 5.69 Å². The molecule has 0 aliphatic rings. The van der Waals surface area contributed by atoms with Crippen molar-refractivity contribution in [2.45, 2.75) is 0 Å². The van der Waals surface area contributed by atoms with Gasteiger partial charge in [-0.1, -0.05) is 11.6 Å². The van der Waals surface area contributed by atoms with Crippen LogP contribution >= 0.6 is 11.6 Å². The SMILES string of the molecule is CN(C)CCOc1ccc(NC(=O)c2ccc(C#N)cc2)cc1Cl. The van der Waals surface area contributed by atoms with Gasteiger partial charge in [0.25, 0.3) is 5.91 Å². The van der Waals surface area contributed by atoms with Gasteiger partial charge in [-0.2, -0.15) is 5.26 Å². The molecule has 24 heavy (non-hydrogen) atoms. The van der Waals surface area contributed by atoms with Gasteiger partial charge in [0, 0.05) is 17.8 Å². The van der Waals surface area contributed by atoms with Gasteiger partial charge in [-0.25, -0.2) is 0 Å². The maximum absolute atomic E-state index is 12.2. The lowest BCUT2D eigenvalue weighted by Gasteiger charge is -2.13. The molecule has 0 unspecified atom stereocenters. The topological polar surface area (TPSA) is 65.4 Å². The number of rotatable bonds is 6. The van der Waals surface area contributed by atoms with Crippen molar-refractivity contribution in [1.29, 1.82) is 5.26 Å². The third-order valence-electron chi connectivity index (χ3n) is 3.26. The summed E-state index contributed by atoms with van der Waals surface area (Å²) in [7, 11) is 3.93. The summed E-state index contributed by atoms with van der Waals surface area (Å²) in [5.41, 5.74) is 1.56. The van der Waals surface area contributed by atoms with E-state index in [2.05, 4.69) is 5.32 Å². The Bertz CT molecular complexity index is 752. The van der Waals surface area contributed by atoms with Crippen LogP contribution in [0.1, 0.15) is 15.9 Å². The molecule has 0 saturated carbocycles. The lowest BCUT2D eigenvalue weighted by Crippen LogP contribution is -2.19. The van der Waals surface area contributed by atoms with Crippen molar-refractivity contribution in [2.75, 3.05) is 32.6 Å². The Kier molecular flexibility index (Phi) is 6.19. The average Bonchev–Trinajstić information content (AvgIpc) is 2.56. The van der Waals surface area contributed by atoms with Crippen molar-refractivity contribution in [3.05, 3.63) is 58.6 Å². The summed E-state index contributed by atoms with van der Waals surface area (Å²) in [5.74, 6) is 0.312. The molecule has 0 aromatic heterocycles. The number of nitrogens with one attached hydrogen (secondary N) is 1. The first-order valence-electron chi connectivity index (χ1n) is 7.38. The van der Waals surface area contributed by atoms with E-state index in [4.69, 9.17) is 21.6 Å². The molecule has 0 aliphatic carbocycles. The molecule has 2 aromatic carbocycles. The molecule has 2 rings (SSSR count). The molecule has 0 atom stereocenters. The van der Waals surface area contributed by atoms with Crippen molar-refractivity contribution in [1.82, 2.24) is 4.90 Å². The Labute approximate surface area is 146 Å². The summed E-state index contributed by atoms with van der Waals surface area (Å²) >= 11 is 6.19. The number of likely N-dealkylation sites (N-methyl/N-ethyl adjacent to an activating group) is 1. The highest BCUT2D eigenvalue weighted by Gasteiger charge is 2.08. The van der Waals surface area contributed by atoms with E-state index in [9.17, 15) is 4.79 Å². The molecule has 5 nitrogen and oxygen atoms in total. The number of anilines is 1. The minimum atomic E-state index is -0.267. The van der Waals surface area contributed by atoms with Crippen molar-refractivity contribution in [3.8, 4) is 11.8 Å². The first-order valence-corrected chi connectivity index (χ1v) is 7.76. The van der Waals surface area contributed by atoms with Gasteiger partial charge in [-0.05, 0) is 56.6 Å². The number of benzene rings is 2. The summed E-state index contributed by atoms with van der Waals surface area (Å²) in [6, 6.07) is 13.5. The lowest BCUT2D eigenvalue weighted by molar-refractivity contribution is 0.102. The van der Waals surface area contributed by atoms with Crippen LogP contribution < -0.4 is 10.1 Å². The van der Waals surface area contributed by atoms with Crippen LogP contribution in [-0.2, 0) is 0 Å². The van der Waals surface area contributed by atoms with Gasteiger partial charge in [0.1, 0.15) is 12.4 Å². The number of halogens is 1. The first kappa shape index (κ1) is 17.8. The fraction of sp³-hybridized carbons (Fsp3) is 0.222. The summed E-state index contributed by atoms with van der Waals surface area (Å²) in [6.07, 6.45) is 0. The van der Waals surface area contributed by atoms with Crippen molar-refractivity contribution < 1.29 is 9.53 Å². The average molecular weight is 344 g/mol. The highest BCUT2D eigenvalue weighted by molar-refractivity contribution is 6.32. The number of ether oxygens (including phenoxy) is 1. The largest absolute Gasteiger partial charge is 0.491 e. The minimum Gasteiger partial charge on any atom is -0.491 e. The molecular formula is C18H18ClN3O2. The van der Waals surface area contributed by atoms with E-state index >= 15 is 0 Å². The predicted octanol–water partition coefficient (Wildman–Crippen LogP) is 3.40. The second-order valence-electron chi connectivity index (χ2n) is 5.44. The molecular weight excluding hydrogens is 326 g/mol. The molecule has 0 radical (unpaired) electrons. The van der Waals surface area contributed by atoms with Crippen LogP contribution in [0.15, 0.2) is 42.5 Å². The highest BCUT2D eigenvalue weighted by atomic mass is 35.5. The highest BCUT2D eigenvalue weighted by Crippen LogP contribution is 2.28. The second kappa shape index (κ2) is 8.34. The second-order valence-corrected chi connectivity index (χ2v) is 5.85. The van der Waals surface area contributed by atoms with E-state index in [0.717, 1.165) is 6.54 Å². The number of hydrogen-bond donors (Lipinski definition) is 1. The normalized spacial score (nSPS) is 10.3. The number of amides is 1. The van der Waals surface area contributed by atoms with E-state index in [1.807, 2.05) is 25.1 Å². The number of nitriles is 1. The maximum atomic E-state index is 12.2. The fourth-order valence-electron chi connectivity index (χ4n) is 1.93. The van der Waals surface area contributed by atoms with Gasteiger partial charge in [0.2, 0.25) is 0 Å². The third-order valence-corrected chi connectivity index (χ3v) is 3.56. The zero-order valence-corrected chi connectivity index (χ0v) is 14.3. The molecule has 0 bridgehead atoms. The van der Waals surface area contributed by atoms with Gasteiger partial charge < -0.3 is 15.0 Å². The summed E-state index contributed by atoms with van der Waals surface area (Å²) in [6.45, 7) is 1.32. The molecule has 1 N–H and O–H groups in total. The molecule has 0 heterocycles. The molecule has 0 spiro atoms. The van der Waals surface area contributed by atoms with Crippen LogP contribution in [0.2, 0.25) is 5.02 Å². The Hall–Kier alpha value is -2.55. The van der Waals surface area contributed by atoms with Crippen LogP contribution in [0, 0.1) is 11.3 Å². The fourth-order valence-corrected chi connectivity index (χ4v) is 2.17. The van der Waals surface area contributed by atoms with Crippen molar-refractivity contribution in [3.63, 3.8) is 0 Å². The van der Waals surface area contributed by atoms with E-state index < -0.39 is 0 Å². The van der Waals surface area contributed by atoms with Gasteiger partial charge in [0.15, 0.2) is 0 Å². The van der Waals surface area contributed by atoms with Gasteiger partial charge in [0.05, 0.1) is 16.7 Å². The van der Waals surface area contributed by atoms with Crippen LogP contribution in [0.3, 0.4) is 0 Å². The summed E-state index contributed by atoms with van der Waals surface area (Å²) < 4.78 is 5.60. The Morgan fingerprint density at radius 2 is 1.96 bits per heavy atom. The monoisotopic (exact) mass is 343 g/mol. The van der Waals surface area contributed by atoms with E-state index in [0.29, 0.717) is 34.2 Å². The number of carbonyl (C=O) groups excluding carboxylic acids is 1. The predicted molar refractivity (Wildman–Crippen MR) is 94.6 cm³/mol. The van der Waals surface area contributed by atoms with Crippen molar-refractivity contribution >= 4 is 23.2 Å². The summed E-state index contributed by atoms with van der Waals surface area (Å²) in [5, 5.41) is 12.0. The Morgan fingerprint density at radius 3 is 2.54 bits per heavy atom. The van der Waals surface area contributed by atoms with Crippen LogP contribution in [-0.4, -0.2) is 38.1 Å². The molecule has 2 aromatic rings. The maximum Gasteiger partial charge on any atom is 0.255 e.